The molecule has 0 spiro atoms. The first kappa shape index (κ1) is 51.9. The summed E-state index contributed by atoms with van der Waals surface area (Å²) in [6, 6.07) is 20.2. The van der Waals surface area contributed by atoms with E-state index in [1.54, 1.807) is 78.0 Å². The van der Waals surface area contributed by atoms with E-state index in [2.05, 4.69) is 49.0 Å². The number of anilines is 2. The van der Waals surface area contributed by atoms with E-state index in [0.717, 1.165) is 55.9 Å². The Balaban J connectivity index is 0.000000213. The van der Waals surface area contributed by atoms with E-state index in [0.29, 0.717) is 69.9 Å². The number of pyridine rings is 2. The lowest BCUT2D eigenvalue weighted by molar-refractivity contribution is -0.130. The van der Waals surface area contributed by atoms with Gasteiger partial charge in [-0.3, -0.25) is 28.8 Å². The van der Waals surface area contributed by atoms with Crippen LogP contribution < -0.4 is 39.1 Å². The minimum absolute atomic E-state index is 0.0257. The van der Waals surface area contributed by atoms with Crippen molar-refractivity contribution in [1.29, 1.82) is 0 Å². The van der Waals surface area contributed by atoms with Crippen molar-refractivity contribution in [3.05, 3.63) is 156 Å². The van der Waals surface area contributed by atoms with Gasteiger partial charge in [0.1, 0.15) is 28.8 Å². The molecule has 2 aliphatic heterocycles. The van der Waals surface area contributed by atoms with Crippen LogP contribution in [0.3, 0.4) is 0 Å². The van der Waals surface area contributed by atoms with Crippen molar-refractivity contribution in [3.8, 4) is 22.5 Å². The van der Waals surface area contributed by atoms with Crippen LogP contribution in [0.2, 0.25) is 0 Å². The highest BCUT2D eigenvalue weighted by molar-refractivity contribution is 6.66. The number of likely N-dealkylation sites (tertiary alicyclic amines) is 1. The molecule has 2 fully saturated rings. The van der Waals surface area contributed by atoms with Gasteiger partial charge in [-0.05, 0) is 136 Å². The van der Waals surface area contributed by atoms with E-state index >= 15 is 0 Å². The second-order valence-corrected chi connectivity index (χ2v) is 16.9. The molecule has 0 saturated carbocycles. The van der Waals surface area contributed by atoms with Crippen LogP contribution in [0.4, 0.5) is 11.6 Å². The SMILES string of the molecule is C=CC(=O)Cl.C=CC(=O)N1CCCC[C@H]1c1nc(-c2ccc(C(=O)Nc3cc(C)ccn3)cc2)c(C(N)=O)n1N.Cc1ccnc(NC(=O)c2ccc(-c3nc([C@@H]4CCCCN4)n(N)c3C(N)=O)cc2)c1. The van der Waals surface area contributed by atoms with Gasteiger partial charge in [0.2, 0.25) is 11.1 Å². The Hall–Kier alpha value is -8.49. The van der Waals surface area contributed by atoms with Gasteiger partial charge < -0.3 is 44.0 Å². The molecule has 0 bridgehead atoms. The monoisotopic (exact) mass is 982 g/mol. The molecule has 0 aliphatic carbocycles. The maximum absolute atomic E-state index is 12.6. The standard InChI is InChI=1S/C25H27N7O3.C22H25N7O2.C3H3ClO/c1-3-20(33)31-13-5-4-6-18(31)24-30-21(22(23(26)34)32(24)27)16-7-9-17(10-8-16)25(35)29-19-14-15(2)11-12-28-19;1-13-9-11-26-17(12-13)27-22(31)15-7-5-14(6-8-15)18-19(20(23)30)29(24)21(28-18)16-4-2-3-10-25-16;1-2-3(4)5/h3,7-12,14,18H,1,4-6,13,27H2,2H3,(H2,26,34)(H,28,29,35);5-9,11-12,16,25H,2-4,10,24H2,1H3,(H2,23,30)(H,26,27,31);2H,1H2/t18-;16-;/m00./s1. The van der Waals surface area contributed by atoms with Crippen LogP contribution in [0.1, 0.15) is 115 Å². The first-order valence-electron chi connectivity index (χ1n) is 22.5. The van der Waals surface area contributed by atoms with Crippen LogP contribution in [-0.2, 0) is 9.59 Å². The zero-order valence-corrected chi connectivity index (χ0v) is 40.0. The van der Waals surface area contributed by atoms with Gasteiger partial charge in [-0.15, -0.1) is 0 Å². The van der Waals surface area contributed by atoms with Gasteiger partial charge in [0, 0.05) is 41.2 Å². The van der Waals surface area contributed by atoms with Crippen molar-refractivity contribution in [1.82, 2.24) is 39.5 Å². The van der Waals surface area contributed by atoms with Gasteiger partial charge in [0.05, 0.1) is 12.1 Å². The average Bonchev–Trinajstić information content (AvgIpc) is 3.91. The van der Waals surface area contributed by atoms with Crippen LogP contribution in [0.5, 0.6) is 0 Å². The number of carbonyl (C=O) groups is 6. The number of aryl methyl sites for hydroxylation is 2. The Kier molecular flexibility index (Phi) is 17.3. The van der Waals surface area contributed by atoms with E-state index in [4.69, 9.17) is 34.8 Å². The van der Waals surface area contributed by atoms with Crippen molar-refractivity contribution < 1.29 is 28.8 Å². The summed E-state index contributed by atoms with van der Waals surface area (Å²) in [5.41, 5.74) is 16.2. The van der Waals surface area contributed by atoms with Gasteiger partial charge in [0.25, 0.3) is 23.6 Å². The molecule has 4 aromatic heterocycles. The van der Waals surface area contributed by atoms with Crippen molar-refractivity contribution in [2.24, 2.45) is 11.5 Å². The molecule has 11 N–H and O–H groups in total. The number of primary amides is 2. The fourth-order valence-corrected chi connectivity index (χ4v) is 8.05. The minimum atomic E-state index is -0.744. The lowest BCUT2D eigenvalue weighted by atomic mass is 10.0. The number of allylic oxidation sites excluding steroid dienone is 1. The van der Waals surface area contributed by atoms with Crippen molar-refractivity contribution >= 4 is 58.0 Å². The summed E-state index contributed by atoms with van der Waals surface area (Å²) in [6.07, 6.45) is 11.0. The molecule has 5 amide bonds. The van der Waals surface area contributed by atoms with Crippen LogP contribution in [0, 0.1) is 13.8 Å². The Morgan fingerprint density at radius 1 is 0.676 bits per heavy atom. The molecular formula is C50H55ClN14O6. The van der Waals surface area contributed by atoms with Crippen molar-refractivity contribution in [2.45, 2.75) is 64.5 Å². The zero-order chi connectivity index (χ0) is 51.4. The molecule has 2 atom stereocenters. The molecule has 2 aromatic carbocycles. The molecule has 2 aliphatic rings. The molecule has 368 valence electrons. The second kappa shape index (κ2) is 23.7. The van der Waals surface area contributed by atoms with E-state index < -0.39 is 23.1 Å². The van der Waals surface area contributed by atoms with Crippen molar-refractivity contribution in [2.75, 3.05) is 35.4 Å². The summed E-state index contributed by atoms with van der Waals surface area (Å²) in [7, 11) is 0. The number of piperidine rings is 2. The number of aromatic nitrogens is 6. The quantitative estimate of drug-likeness (QED) is 0.0445. The number of nitrogens with one attached hydrogen (secondary N) is 3. The van der Waals surface area contributed by atoms with E-state index in [1.165, 1.54) is 15.4 Å². The normalized spacial score (nSPS) is 15.1. The largest absolute Gasteiger partial charge is 0.364 e. The topological polar surface area (TPSA) is 307 Å². The van der Waals surface area contributed by atoms with Crippen LogP contribution in [-0.4, -0.2) is 82.1 Å². The molecule has 8 rings (SSSR count). The fraction of sp³-hybridized carbons (Fsp3) is 0.240. The fourth-order valence-electron chi connectivity index (χ4n) is 8.05. The number of amides is 5. The van der Waals surface area contributed by atoms with Gasteiger partial charge >= 0.3 is 0 Å². The second-order valence-electron chi connectivity index (χ2n) is 16.6. The first-order valence-corrected chi connectivity index (χ1v) is 22.9. The maximum atomic E-state index is 12.6. The highest BCUT2D eigenvalue weighted by Crippen LogP contribution is 2.34. The number of hydrogen-bond acceptors (Lipinski definition) is 13. The average molecular weight is 984 g/mol. The number of nitrogens with two attached hydrogens (primary N) is 4. The molecular weight excluding hydrogens is 928 g/mol. The molecule has 20 nitrogen and oxygen atoms in total. The lowest BCUT2D eigenvalue weighted by Gasteiger charge is -2.34. The van der Waals surface area contributed by atoms with E-state index in [9.17, 15) is 28.8 Å². The Morgan fingerprint density at radius 2 is 1.14 bits per heavy atom. The van der Waals surface area contributed by atoms with Gasteiger partial charge in [-0.1, -0.05) is 43.8 Å². The van der Waals surface area contributed by atoms with E-state index in [1.807, 2.05) is 26.0 Å². The summed E-state index contributed by atoms with van der Waals surface area (Å²) in [5.74, 6) is 12.1. The lowest BCUT2D eigenvalue weighted by Crippen LogP contribution is -2.39. The number of rotatable bonds is 12. The summed E-state index contributed by atoms with van der Waals surface area (Å²) in [4.78, 5) is 90.7. The molecule has 6 aromatic rings. The molecule has 2 saturated heterocycles. The number of hydrogen-bond donors (Lipinski definition) is 7. The molecule has 21 heteroatoms. The zero-order valence-electron chi connectivity index (χ0n) is 39.2. The Bertz CT molecular complexity index is 2960. The summed E-state index contributed by atoms with van der Waals surface area (Å²) in [5, 5.41) is 8.40. The highest BCUT2D eigenvalue weighted by atomic mass is 35.5. The summed E-state index contributed by atoms with van der Waals surface area (Å²) in [6.45, 7) is 11.9. The smallest absolute Gasteiger partial charge is 0.269 e. The van der Waals surface area contributed by atoms with Crippen LogP contribution >= 0.6 is 11.6 Å². The number of halogens is 1. The molecule has 0 radical (unpaired) electrons. The molecule has 71 heavy (non-hydrogen) atoms. The van der Waals surface area contributed by atoms with Crippen LogP contribution in [0.15, 0.2) is 111 Å². The molecule has 0 unspecified atom stereocenters. The van der Waals surface area contributed by atoms with Gasteiger partial charge in [-0.25, -0.2) is 29.3 Å². The van der Waals surface area contributed by atoms with Gasteiger partial charge in [0.15, 0.2) is 17.2 Å². The summed E-state index contributed by atoms with van der Waals surface area (Å²) < 4.78 is 2.45. The predicted octanol–water partition coefficient (Wildman–Crippen LogP) is 5.63. The number of benzene rings is 2. The summed E-state index contributed by atoms with van der Waals surface area (Å²) >= 11 is 4.71. The first-order chi connectivity index (χ1) is 34.0. The predicted molar refractivity (Wildman–Crippen MR) is 271 cm³/mol. The van der Waals surface area contributed by atoms with Gasteiger partial charge in [-0.2, -0.15) is 0 Å². The third-order valence-corrected chi connectivity index (χ3v) is 11.7. The number of carbonyl (C=O) groups excluding carboxylic acids is 6. The Morgan fingerprint density at radius 3 is 1.56 bits per heavy atom. The molecule has 6 heterocycles. The number of imidazole rings is 2. The Labute approximate surface area is 414 Å². The number of nitrogen functional groups attached to an aromatic ring is 2. The van der Waals surface area contributed by atoms with Crippen molar-refractivity contribution in [3.63, 3.8) is 0 Å². The van der Waals surface area contributed by atoms with Crippen LogP contribution in [0.25, 0.3) is 22.5 Å². The minimum Gasteiger partial charge on any atom is -0.364 e. The van der Waals surface area contributed by atoms with E-state index in [-0.39, 0.29) is 35.2 Å². The number of nitrogens with zero attached hydrogens (tertiary/aromatic N) is 7. The third kappa shape index (κ3) is 12.8. The maximum Gasteiger partial charge on any atom is 0.269 e. The highest BCUT2D eigenvalue weighted by Gasteiger charge is 2.33. The third-order valence-electron chi connectivity index (χ3n) is 11.5.